The zero-order valence-electron chi connectivity index (χ0n) is 10.0. The first-order chi connectivity index (χ1) is 7.61. The summed E-state index contributed by atoms with van der Waals surface area (Å²) in [6, 6.07) is -0.822. The van der Waals surface area contributed by atoms with Crippen molar-refractivity contribution in [3.8, 4) is 0 Å². The summed E-state index contributed by atoms with van der Waals surface area (Å²) in [5.74, 6) is -0.982. The molecule has 110 valence electrons. The van der Waals surface area contributed by atoms with Gasteiger partial charge in [0, 0.05) is 19.5 Å². The quantitative estimate of drug-likeness (QED) is 0.487. The summed E-state index contributed by atoms with van der Waals surface area (Å²) in [5, 5.41) is 0. The molecule has 7 nitrogen and oxygen atoms in total. The molecule has 0 saturated heterocycles. The van der Waals surface area contributed by atoms with E-state index >= 15 is 0 Å². The zero-order valence-corrected chi connectivity index (χ0v) is 11.6. The predicted octanol–water partition coefficient (Wildman–Crippen LogP) is -1.06. The van der Waals surface area contributed by atoms with Gasteiger partial charge in [0.25, 0.3) is 0 Å². The number of carbonyl (C=O) groups is 2. The van der Waals surface area contributed by atoms with Gasteiger partial charge in [0.1, 0.15) is 19.3 Å². The van der Waals surface area contributed by atoms with E-state index < -0.39 is 18.0 Å². The Morgan fingerprint density at radius 2 is 1.50 bits per heavy atom. The van der Waals surface area contributed by atoms with Crippen molar-refractivity contribution in [2.45, 2.75) is 18.9 Å². The van der Waals surface area contributed by atoms with E-state index in [4.69, 9.17) is 26.7 Å². The fourth-order valence-corrected chi connectivity index (χ4v) is 0.903. The maximum absolute atomic E-state index is 11.2. The van der Waals surface area contributed by atoms with Crippen LogP contribution in [0, 0.1) is 0 Å². The highest BCUT2D eigenvalue weighted by molar-refractivity contribution is 5.85. The maximum atomic E-state index is 11.2. The first-order valence-corrected chi connectivity index (χ1v) is 5.09. The van der Waals surface area contributed by atoms with Crippen LogP contribution in [0.3, 0.4) is 0 Å². The molecule has 0 aliphatic heterocycles. The Kier molecular flexibility index (Phi) is 18.1. The molecule has 0 unspecified atom stereocenters. The number of ether oxygens (including phenoxy) is 2. The smallest absolute Gasteiger partial charge is 0.322 e. The van der Waals surface area contributed by atoms with Gasteiger partial charge < -0.3 is 26.7 Å². The van der Waals surface area contributed by atoms with Gasteiger partial charge >= 0.3 is 11.9 Å². The Labute approximate surface area is 119 Å². The molecule has 18 heavy (non-hydrogen) atoms. The van der Waals surface area contributed by atoms with Crippen LogP contribution in [0.15, 0.2) is 0 Å². The third kappa shape index (κ3) is 11.9. The Morgan fingerprint density at radius 1 is 1.00 bits per heavy atom. The summed E-state index contributed by atoms with van der Waals surface area (Å²) in [6.07, 6.45) is 0.256. The van der Waals surface area contributed by atoms with Gasteiger partial charge in [0.15, 0.2) is 0 Å². The number of hydrogen-bond acceptors (Lipinski definition) is 7. The van der Waals surface area contributed by atoms with Crippen molar-refractivity contribution in [3.63, 3.8) is 0 Å². The second-order valence-electron chi connectivity index (χ2n) is 3.11. The lowest BCUT2D eigenvalue weighted by atomic mass is 10.2. The highest BCUT2D eigenvalue weighted by Crippen LogP contribution is 1.99. The third-order valence-electron chi connectivity index (χ3n) is 1.71. The van der Waals surface area contributed by atoms with Crippen LogP contribution >= 0.6 is 24.8 Å². The van der Waals surface area contributed by atoms with Crippen molar-refractivity contribution in [2.24, 2.45) is 17.2 Å². The number of rotatable bonds is 8. The molecule has 0 fully saturated rings. The molecule has 0 aliphatic rings. The average molecular weight is 306 g/mol. The monoisotopic (exact) mass is 305 g/mol. The van der Waals surface area contributed by atoms with E-state index in [1.165, 1.54) is 0 Å². The fourth-order valence-electron chi connectivity index (χ4n) is 0.903. The van der Waals surface area contributed by atoms with Crippen molar-refractivity contribution in [1.82, 2.24) is 0 Å². The molecule has 0 rings (SSSR count). The Morgan fingerprint density at radius 3 is 2.00 bits per heavy atom. The number of carbonyl (C=O) groups excluding carboxylic acids is 2. The van der Waals surface area contributed by atoms with Crippen LogP contribution in [-0.4, -0.2) is 44.3 Å². The van der Waals surface area contributed by atoms with Crippen LogP contribution in [0.4, 0.5) is 0 Å². The molecule has 0 radical (unpaired) electrons. The second kappa shape index (κ2) is 14.5. The van der Waals surface area contributed by atoms with E-state index in [-0.39, 0.29) is 64.0 Å². The molecule has 9 heteroatoms. The first-order valence-electron chi connectivity index (χ1n) is 5.09. The van der Waals surface area contributed by atoms with Crippen molar-refractivity contribution in [2.75, 3.05) is 26.3 Å². The van der Waals surface area contributed by atoms with E-state index in [2.05, 4.69) is 0 Å². The summed E-state index contributed by atoms with van der Waals surface area (Å²) in [6.45, 7) is 0.823. The number of esters is 2. The molecule has 0 amide bonds. The van der Waals surface area contributed by atoms with Crippen LogP contribution < -0.4 is 17.2 Å². The Bertz CT molecular complexity index is 232. The van der Waals surface area contributed by atoms with E-state index in [0.29, 0.717) is 0 Å². The summed E-state index contributed by atoms with van der Waals surface area (Å²) in [7, 11) is 0. The molecule has 0 aliphatic carbocycles. The minimum Gasteiger partial charge on any atom is -0.464 e. The topological polar surface area (TPSA) is 131 Å². The summed E-state index contributed by atoms with van der Waals surface area (Å²) in [5.41, 5.74) is 15.8. The highest BCUT2D eigenvalue weighted by atomic mass is 35.5. The van der Waals surface area contributed by atoms with Crippen molar-refractivity contribution >= 4 is 36.8 Å². The van der Waals surface area contributed by atoms with Crippen LogP contribution in [-0.2, 0) is 19.1 Å². The molecule has 0 spiro atoms. The van der Waals surface area contributed by atoms with Gasteiger partial charge in [-0.25, -0.2) is 0 Å². The van der Waals surface area contributed by atoms with Crippen LogP contribution in [0.2, 0.25) is 0 Å². The van der Waals surface area contributed by atoms with E-state index in [1.54, 1.807) is 0 Å². The number of hydrogen-bond donors (Lipinski definition) is 3. The average Bonchev–Trinajstić information content (AvgIpc) is 2.30. The molecule has 0 aromatic carbocycles. The van der Waals surface area contributed by atoms with Crippen LogP contribution in [0.5, 0.6) is 0 Å². The molecule has 0 aromatic rings. The van der Waals surface area contributed by atoms with Gasteiger partial charge in [-0.2, -0.15) is 0 Å². The fraction of sp³-hybridized carbons (Fsp3) is 0.778. The summed E-state index contributed by atoms with van der Waals surface area (Å²) < 4.78 is 9.42. The molecular weight excluding hydrogens is 285 g/mol. The van der Waals surface area contributed by atoms with Gasteiger partial charge in [0.2, 0.25) is 0 Å². The van der Waals surface area contributed by atoms with E-state index in [1.807, 2.05) is 0 Å². The van der Waals surface area contributed by atoms with Gasteiger partial charge in [-0.15, -0.1) is 24.8 Å². The molecule has 1 atom stereocenters. The maximum Gasteiger partial charge on any atom is 0.322 e. The van der Waals surface area contributed by atoms with Crippen LogP contribution in [0.25, 0.3) is 0 Å². The lowest BCUT2D eigenvalue weighted by Gasteiger charge is -2.10. The highest BCUT2D eigenvalue weighted by Gasteiger charge is 2.16. The molecule has 0 bridgehead atoms. The predicted molar refractivity (Wildman–Crippen MR) is 71.7 cm³/mol. The number of halogens is 2. The standard InChI is InChI=1S/C9H19N3O4.2ClH/c10-3-5-15-8(13)2-1-7(12)9(14)16-6-4-11;;/h7H,1-6,10-12H2;2*1H/t7-;;/m0../s1. The minimum atomic E-state index is -0.822. The summed E-state index contributed by atoms with van der Waals surface area (Å²) in [4.78, 5) is 22.2. The molecule has 0 aromatic heterocycles. The van der Waals surface area contributed by atoms with Crippen LogP contribution in [0.1, 0.15) is 12.8 Å². The molecule has 0 heterocycles. The SMILES string of the molecule is Cl.Cl.NCCOC(=O)CC[C@H](N)C(=O)OCCN. The van der Waals surface area contributed by atoms with Gasteiger partial charge in [-0.1, -0.05) is 0 Å². The Hall–Kier alpha value is -0.600. The second-order valence-corrected chi connectivity index (χ2v) is 3.11. The van der Waals surface area contributed by atoms with Crippen molar-refractivity contribution in [1.29, 1.82) is 0 Å². The van der Waals surface area contributed by atoms with Gasteiger partial charge in [-0.05, 0) is 6.42 Å². The third-order valence-corrected chi connectivity index (χ3v) is 1.71. The lowest BCUT2D eigenvalue weighted by Crippen LogP contribution is -2.34. The van der Waals surface area contributed by atoms with Crippen molar-refractivity contribution in [3.05, 3.63) is 0 Å². The zero-order chi connectivity index (χ0) is 12.4. The first kappa shape index (κ1) is 22.6. The number of nitrogens with two attached hydrogens (primary N) is 3. The van der Waals surface area contributed by atoms with Crippen molar-refractivity contribution < 1.29 is 19.1 Å². The lowest BCUT2D eigenvalue weighted by molar-refractivity contribution is -0.146. The molecule has 6 N–H and O–H groups in total. The van der Waals surface area contributed by atoms with E-state index in [9.17, 15) is 9.59 Å². The van der Waals surface area contributed by atoms with Gasteiger partial charge in [-0.3, -0.25) is 9.59 Å². The van der Waals surface area contributed by atoms with E-state index in [0.717, 1.165) is 0 Å². The largest absolute Gasteiger partial charge is 0.464 e. The summed E-state index contributed by atoms with van der Waals surface area (Å²) >= 11 is 0. The minimum absolute atomic E-state index is 0. The molecular formula is C9H21Cl2N3O4. The Balaban J connectivity index is -0.00000112. The molecule has 0 saturated carbocycles. The normalized spacial score (nSPS) is 10.6. The van der Waals surface area contributed by atoms with Gasteiger partial charge in [0.05, 0.1) is 0 Å².